The lowest BCUT2D eigenvalue weighted by Crippen LogP contribution is -2.22. The fourth-order valence-corrected chi connectivity index (χ4v) is 2.95. The molecule has 0 bridgehead atoms. The maximum atomic E-state index is 13.0. The van der Waals surface area contributed by atoms with Gasteiger partial charge in [0.15, 0.2) is 0 Å². The van der Waals surface area contributed by atoms with Gasteiger partial charge in [-0.15, -0.1) is 0 Å². The highest BCUT2D eigenvalue weighted by Crippen LogP contribution is 2.21. The molecule has 0 atom stereocenters. The Hall–Kier alpha value is -3.93. The van der Waals surface area contributed by atoms with Crippen LogP contribution in [0.1, 0.15) is 21.6 Å². The predicted octanol–water partition coefficient (Wildman–Crippen LogP) is 4.63. The van der Waals surface area contributed by atoms with Crippen molar-refractivity contribution < 1.29 is 14.3 Å². The van der Waals surface area contributed by atoms with E-state index in [1.807, 2.05) is 50.2 Å². The summed E-state index contributed by atoms with van der Waals surface area (Å²) < 4.78 is 5.91. The zero-order valence-corrected chi connectivity index (χ0v) is 16.0. The number of amides is 1. The van der Waals surface area contributed by atoms with Gasteiger partial charge in [0.2, 0.25) is 5.55 Å². The number of nitrogens with one attached hydrogen (secondary N) is 1. The van der Waals surface area contributed by atoms with Crippen molar-refractivity contribution in [2.75, 3.05) is 5.32 Å². The maximum absolute atomic E-state index is 13.0. The van der Waals surface area contributed by atoms with E-state index in [0.717, 1.165) is 11.3 Å². The summed E-state index contributed by atoms with van der Waals surface area (Å²) in [5.74, 6) is 0.140. The van der Waals surface area contributed by atoms with E-state index in [-0.39, 0.29) is 22.8 Å². The number of aryl methyl sites for hydroxylation is 2. The van der Waals surface area contributed by atoms with E-state index in [9.17, 15) is 9.90 Å². The van der Waals surface area contributed by atoms with Gasteiger partial charge in [0, 0.05) is 17.1 Å². The number of hydrogen-bond donors (Lipinski definition) is 2. The minimum Gasteiger partial charge on any atom is -0.508 e. The van der Waals surface area contributed by atoms with E-state index < -0.39 is 0 Å². The molecule has 2 aromatic heterocycles. The van der Waals surface area contributed by atoms with Crippen molar-refractivity contribution in [1.29, 1.82) is 0 Å². The third-order valence-electron chi connectivity index (χ3n) is 4.45. The van der Waals surface area contributed by atoms with Gasteiger partial charge in [0.05, 0.1) is 5.69 Å². The number of pyridine rings is 1. The van der Waals surface area contributed by atoms with Crippen LogP contribution in [-0.2, 0) is 0 Å². The summed E-state index contributed by atoms with van der Waals surface area (Å²) in [6.07, 6.45) is 0. The summed E-state index contributed by atoms with van der Waals surface area (Å²) in [5, 5.41) is 13.2. The molecule has 144 valence electrons. The molecule has 2 heterocycles. The molecule has 0 aliphatic heterocycles. The van der Waals surface area contributed by atoms with E-state index in [1.165, 1.54) is 6.07 Å². The Morgan fingerprint density at radius 1 is 1.03 bits per heavy atom. The Balaban J connectivity index is 1.88. The second-order valence-electron chi connectivity index (χ2n) is 6.70. The van der Waals surface area contributed by atoms with Crippen molar-refractivity contribution in [2.45, 2.75) is 13.8 Å². The SMILES string of the molecule is Cc1cccc(NC(=O)c2cc3ccc(O)cc3oc2=Nc2ccccc2C)n1. The van der Waals surface area contributed by atoms with Crippen LogP contribution in [0.5, 0.6) is 5.75 Å². The zero-order chi connectivity index (χ0) is 20.4. The molecule has 4 rings (SSSR count). The van der Waals surface area contributed by atoms with Crippen LogP contribution in [0.25, 0.3) is 11.0 Å². The van der Waals surface area contributed by atoms with Gasteiger partial charge in [-0.05, 0) is 55.8 Å². The number of carbonyl (C=O) groups is 1. The topological polar surface area (TPSA) is 87.7 Å². The number of anilines is 1. The minimum absolute atomic E-state index is 0.0734. The second-order valence-corrected chi connectivity index (χ2v) is 6.70. The van der Waals surface area contributed by atoms with Crippen molar-refractivity contribution >= 4 is 28.4 Å². The van der Waals surface area contributed by atoms with Crippen LogP contribution >= 0.6 is 0 Å². The van der Waals surface area contributed by atoms with Crippen LogP contribution in [0.4, 0.5) is 11.5 Å². The van der Waals surface area contributed by atoms with Gasteiger partial charge >= 0.3 is 0 Å². The molecule has 0 saturated heterocycles. The third-order valence-corrected chi connectivity index (χ3v) is 4.45. The average Bonchev–Trinajstić information content (AvgIpc) is 2.69. The van der Waals surface area contributed by atoms with E-state index in [4.69, 9.17) is 4.42 Å². The molecule has 29 heavy (non-hydrogen) atoms. The number of benzene rings is 2. The fourth-order valence-electron chi connectivity index (χ4n) is 2.95. The Labute approximate surface area is 167 Å². The van der Waals surface area contributed by atoms with Crippen LogP contribution < -0.4 is 10.9 Å². The monoisotopic (exact) mass is 385 g/mol. The molecule has 4 aromatic rings. The molecule has 0 saturated carbocycles. The van der Waals surface area contributed by atoms with Crippen LogP contribution in [0.2, 0.25) is 0 Å². The van der Waals surface area contributed by atoms with Gasteiger partial charge in [-0.25, -0.2) is 9.98 Å². The molecular formula is C23H19N3O3. The highest BCUT2D eigenvalue weighted by atomic mass is 16.3. The predicted molar refractivity (Wildman–Crippen MR) is 111 cm³/mol. The Kier molecular flexibility index (Phi) is 4.83. The second kappa shape index (κ2) is 7.59. The smallest absolute Gasteiger partial charge is 0.262 e. The van der Waals surface area contributed by atoms with Crippen LogP contribution in [-0.4, -0.2) is 16.0 Å². The molecule has 0 fully saturated rings. The molecule has 2 aromatic carbocycles. The van der Waals surface area contributed by atoms with Crippen molar-refractivity contribution in [3.8, 4) is 5.75 Å². The summed E-state index contributed by atoms with van der Waals surface area (Å²) in [4.78, 5) is 21.9. The number of rotatable bonds is 3. The summed E-state index contributed by atoms with van der Waals surface area (Å²) in [6.45, 7) is 3.79. The average molecular weight is 385 g/mol. The van der Waals surface area contributed by atoms with Crippen LogP contribution in [0.3, 0.4) is 0 Å². The quantitative estimate of drug-likeness (QED) is 0.538. The molecule has 0 spiro atoms. The molecule has 6 heteroatoms. The number of phenolic OH excluding ortho intramolecular Hbond substituents is 1. The standard InChI is InChI=1S/C23H19N3O3/c1-14-6-3-4-8-19(14)25-23-18(12-16-10-11-17(27)13-20(16)29-23)22(28)26-21-9-5-7-15(2)24-21/h3-13,27H,1-2H3,(H,24,26,28). The summed E-state index contributed by atoms with van der Waals surface area (Å²) in [7, 11) is 0. The number of carbonyl (C=O) groups excluding carboxylic acids is 1. The Morgan fingerprint density at radius 3 is 2.66 bits per heavy atom. The molecule has 2 N–H and O–H groups in total. The Bertz CT molecular complexity index is 1290. The van der Waals surface area contributed by atoms with Gasteiger partial charge in [-0.3, -0.25) is 4.79 Å². The van der Waals surface area contributed by atoms with Crippen molar-refractivity contribution in [3.63, 3.8) is 0 Å². The first-order valence-electron chi connectivity index (χ1n) is 9.12. The van der Waals surface area contributed by atoms with E-state index >= 15 is 0 Å². The molecule has 0 aliphatic carbocycles. The highest BCUT2D eigenvalue weighted by molar-refractivity contribution is 6.05. The molecule has 0 radical (unpaired) electrons. The molecule has 0 unspecified atom stereocenters. The number of aromatic hydroxyl groups is 1. The van der Waals surface area contributed by atoms with Crippen LogP contribution in [0, 0.1) is 13.8 Å². The van der Waals surface area contributed by atoms with Crippen LogP contribution in [0.15, 0.2) is 76.1 Å². The van der Waals surface area contributed by atoms with Gasteiger partial charge in [-0.1, -0.05) is 24.3 Å². The van der Waals surface area contributed by atoms with Crippen molar-refractivity contribution in [1.82, 2.24) is 4.98 Å². The van der Waals surface area contributed by atoms with Crippen molar-refractivity contribution in [2.24, 2.45) is 4.99 Å². The third kappa shape index (κ3) is 4.01. The largest absolute Gasteiger partial charge is 0.508 e. The van der Waals surface area contributed by atoms with Crippen molar-refractivity contribution in [3.05, 3.63) is 89.1 Å². The molecular weight excluding hydrogens is 366 g/mol. The first-order valence-corrected chi connectivity index (χ1v) is 9.12. The number of nitrogens with zero attached hydrogens (tertiary/aromatic N) is 2. The number of para-hydroxylation sites is 1. The first kappa shape index (κ1) is 18.4. The van der Waals surface area contributed by atoms with E-state index in [2.05, 4.69) is 15.3 Å². The van der Waals surface area contributed by atoms with E-state index in [1.54, 1.807) is 24.3 Å². The number of fused-ring (bicyclic) bond motifs is 1. The normalized spacial score (nSPS) is 11.6. The minimum atomic E-state index is -0.380. The summed E-state index contributed by atoms with van der Waals surface area (Å²) >= 11 is 0. The highest BCUT2D eigenvalue weighted by Gasteiger charge is 2.14. The first-order chi connectivity index (χ1) is 14.0. The van der Waals surface area contributed by atoms with Gasteiger partial charge in [0.25, 0.3) is 5.91 Å². The molecule has 6 nitrogen and oxygen atoms in total. The van der Waals surface area contributed by atoms with Gasteiger partial charge in [-0.2, -0.15) is 0 Å². The molecule has 0 aliphatic rings. The van der Waals surface area contributed by atoms with Gasteiger partial charge in [0.1, 0.15) is 22.7 Å². The zero-order valence-electron chi connectivity index (χ0n) is 16.0. The summed E-state index contributed by atoms with van der Waals surface area (Å²) in [6, 6.07) is 19.4. The Morgan fingerprint density at radius 2 is 1.86 bits per heavy atom. The number of hydrogen-bond acceptors (Lipinski definition) is 5. The lowest BCUT2D eigenvalue weighted by atomic mass is 10.1. The number of aromatic nitrogens is 1. The maximum Gasteiger partial charge on any atom is 0.262 e. The summed E-state index contributed by atoms with van der Waals surface area (Å²) in [5.41, 5.74) is 3.30. The lowest BCUT2D eigenvalue weighted by molar-refractivity contribution is 0.102. The number of phenols is 1. The van der Waals surface area contributed by atoms with Gasteiger partial charge < -0.3 is 14.8 Å². The lowest BCUT2D eigenvalue weighted by Gasteiger charge is -2.07. The molecule has 1 amide bonds. The fraction of sp³-hybridized carbons (Fsp3) is 0.0870. The van der Waals surface area contributed by atoms with E-state index in [0.29, 0.717) is 22.5 Å².